The molecule has 4 aromatic heterocycles. The Morgan fingerprint density at radius 1 is 1.03 bits per heavy atom. The number of hydrogen-bond donors (Lipinski definition) is 1. The minimum absolute atomic E-state index is 0.0713. The van der Waals surface area contributed by atoms with Gasteiger partial charge in [-0.2, -0.15) is 4.98 Å². The minimum Gasteiger partial charge on any atom is -0.481 e. The number of aromatic nitrogens is 8. The molecule has 0 spiro atoms. The number of hydrogen-bond acceptors (Lipinski definition) is 12. The maximum Gasteiger partial charge on any atom is 0.249 e. The third-order valence-electron chi connectivity index (χ3n) is 5.77. The lowest BCUT2D eigenvalue weighted by atomic mass is 10.2. The van der Waals surface area contributed by atoms with E-state index < -0.39 is 27.4 Å². The van der Waals surface area contributed by atoms with Crippen LogP contribution in [0, 0.1) is 13.8 Å². The van der Waals surface area contributed by atoms with Crippen LogP contribution < -0.4 is 9.46 Å². The highest BCUT2D eigenvalue weighted by Crippen LogP contribution is 2.31. The van der Waals surface area contributed by atoms with Crippen molar-refractivity contribution in [3.8, 4) is 17.4 Å². The Bertz CT molecular complexity index is 1520. The lowest BCUT2D eigenvalue weighted by Gasteiger charge is -2.25. The van der Waals surface area contributed by atoms with Crippen molar-refractivity contribution in [2.45, 2.75) is 65.0 Å². The molecule has 0 aliphatic carbocycles. The zero-order valence-corrected chi connectivity index (χ0v) is 23.5. The number of sulfonamides is 1. The second-order valence-corrected chi connectivity index (χ2v) is 11.3. The maximum absolute atomic E-state index is 13.7. The van der Waals surface area contributed by atoms with Crippen LogP contribution in [-0.2, 0) is 14.8 Å². The van der Waals surface area contributed by atoms with Crippen LogP contribution in [0.15, 0.2) is 35.1 Å². The van der Waals surface area contributed by atoms with Gasteiger partial charge in [-0.15, -0.1) is 10.2 Å². The summed E-state index contributed by atoms with van der Waals surface area (Å²) in [5, 5.41) is 11.1. The molecule has 4 rings (SSSR count). The molecular weight excluding hydrogens is 526 g/mol. The fourth-order valence-corrected chi connectivity index (χ4v) is 4.85. The fraction of sp³-hybridized carbons (Fsp3) is 0.458. The van der Waals surface area contributed by atoms with Crippen LogP contribution in [0.3, 0.4) is 0 Å². The van der Waals surface area contributed by atoms with Crippen molar-refractivity contribution in [3.63, 3.8) is 0 Å². The highest BCUT2D eigenvalue weighted by molar-refractivity contribution is 7.93. The van der Waals surface area contributed by atoms with Gasteiger partial charge in [0, 0.05) is 18.5 Å². The SMILES string of the molecule is COc1cccc(-c2nnc(NS(=O)(=O)C(C)C(OC(C)C)c3ncc(C)cn3)n2[C@H](C)c2nc(C)no2)n1. The summed E-state index contributed by atoms with van der Waals surface area (Å²) in [7, 11) is -2.63. The molecule has 0 aliphatic rings. The van der Waals surface area contributed by atoms with E-state index in [4.69, 9.17) is 14.0 Å². The summed E-state index contributed by atoms with van der Waals surface area (Å²) in [5.74, 6) is 1.46. The van der Waals surface area contributed by atoms with E-state index >= 15 is 0 Å². The van der Waals surface area contributed by atoms with E-state index in [1.165, 1.54) is 18.6 Å². The molecule has 0 fully saturated rings. The molecule has 15 heteroatoms. The molecule has 0 bridgehead atoms. The van der Waals surface area contributed by atoms with Gasteiger partial charge in [-0.25, -0.2) is 23.4 Å². The molecule has 4 heterocycles. The van der Waals surface area contributed by atoms with Gasteiger partial charge in [0.15, 0.2) is 17.5 Å². The minimum atomic E-state index is -4.12. The van der Waals surface area contributed by atoms with Crippen molar-refractivity contribution >= 4 is 16.0 Å². The molecule has 208 valence electrons. The van der Waals surface area contributed by atoms with E-state index in [0.29, 0.717) is 17.4 Å². The number of methoxy groups -OCH3 is 1. The quantitative estimate of drug-likeness (QED) is 0.286. The third-order valence-corrected chi connectivity index (χ3v) is 7.46. The molecule has 1 N–H and O–H groups in total. The van der Waals surface area contributed by atoms with E-state index in [2.05, 4.69) is 40.0 Å². The van der Waals surface area contributed by atoms with Gasteiger partial charge in [-0.3, -0.25) is 9.29 Å². The summed E-state index contributed by atoms with van der Waals surface area (Å²) in [6.07, 6.45) is 2.00. The number of rotatable bonds is 11. The first-order chi connectivity index (χ1) is 18.5. The number of nitrogens with zero attached hydrogens (tertiary/aromatic N) is 8. The van der Waals surface area contributed by atoms with Crippen molar-refractivity contribution < 1.29 is 22.4 Å². The Morgan fingerprint density at radius 2 is 1.74 bits per heavy atom. The van der Waals surface area contributed by atoms with E-state index in [1.54, 1.807) is 44.4 Å². The smallest absolute Gasteiger partial charge is 0.249 e. The highest BCUT2D eigenvalue weighted by Gasteiger charge is 2.36. The van der Waals surface area contributed by atoms with Crippen LogP contribution in [0.2, 0.25) is 0 Å². The summed E-state index contributed by atoms with van der Waals surface area (Å²) in [6.45, 7) is 10.4. The molecule has 14 nitrogen and oxygen atoms in total. The van der Waals surface area contributed by atoms with Gasteiger partial charge in [0.2, 0.25) is 27.7 Å². The summed E-state index contributed by atoms with van der Waals surface area (Å²) in [4.78, 5) is 17.4. The number of anilines is 1. The maximum atomic E-state index is 13.7. The van der Waals surface area contributed by atoms with E-state index in [9.17, 15) is 8.42 Å². The molecule has 0 saturated heterocycles. The van der Waals surface area contributed by atoms with Crippen molar-refractivity contribution in [1.82, 2.24) is 39.9 Å². The van der Waals surface area contributed by atoms with Gasteiger partial charge in [0.1, 0.15) is 23.1 Å². The van der Waals surface area contributed by atoms with Crippen molar-refractivity contribution in [1.29, 1.82) is 0 Å². The van der Waals surface area contributed by atoms with Crippen LogP contribution in [0.25, 0.3) is 11.5 Å². The Balaban J connectivity index is 1.75. The molecule has 0 aliphatic heterocycles. The normalized spacial score (nSPS) is 14.3. The lowest BCUT2D eigenvalue weighted by molar-refractivity contribution is 0.00152. The van der Waals surface area contributed by atoms with Crippen LogP contribution in [0.5, 0.6) is 5.88 Å². The Hall–Kier alpha value is -3.98. The van der Waals surface area contributed by atoms with Crippen molar-refractivity contribution in [2.24, 2.45) is 0 Å². The fourth-order valence-electron chi connectivity index (χ4n) is 3.76. The highest BCUT2D eigenvalue weighted by atomic mass is 32.2. The Morgan fingerprint density at radius 3 is 2.36 bits per heavy atom. The third kappa shape index (κ3) is 6.20. The zero-order chi connectivity index (χ0) is 28.3. The standard InChI is InChI=1S/C24H31N9O5S/c1-13(2)37-20(21-25-11-14(3)12-26-21)16(5)39(34,35)32-24-30-29-22(18-9-8-10-19(28-18)36-7)33(24)15(4)23-27-17(6)31-38-23/h8-13,15-16,20H,1-7H3,(H,30,32)/t15-,16?,20?/m1/s1. The van der Waals surface area contributed by atoms with Crippen LogP contribution in [0.4, 0.5) is 5.95 Å². The summed E-state index contributed by atoms with van der Waals surface area (Å²) in [5.41, 5.74) is 1.24. The Kier molecular flexibility index (Phi) is 8.20. The average molecular weight is 558 g/mol. The molecule has 0 saturated carbocycles. The average Bonchev–Trinajstić information content (AvgIpc) is 3.53. The van der Waals surface area contributed by atoms with Gasteiger partial charge < -0.3 is 14.0 Å². The molecule has 0 radical (unpaired) electrons. The predicted molar refractivity (Wildman–Crippen MR) is 140 cm³/mol. The van der Waals surface area contributed by atoms with Crippen molar-refractivity contribution in [3.05, 3.63) is 53.7 Å². The first-order valence-corrected chi connectivity index (χ1v) is 13.8. The topological polar surface area (TPSA) is 173 Å². The van der Waals surface area contributed by atoms with E-state index in [1.807, 2.05) is 20.8 Å². The van der Waals surface area contributed by atoms with Gasteiger partial charge >= 0.3 is 0 Å². The first kappa shape index (κ1) is 28.0. The second-order valence-electron chi connectivity index (χ2n) is 9.21. The van der Waals surface area contributed by atoms with Gasteiger partial charge in [-0.05, 0) is 53.2 Å². The molecule has 3 atom stereocenters. The predicted octanol–water partition coefficient (Wildman–Crippen LogP) is 3.04. The molecular formula is C24H31N9O5S. The Labute approximate surface area is 226 Å². The summed E-state index contributed by atoms with van der Waals surface area (Å²) < 4.78 is 48.1. The molecule has 0 amide bonds. The number of ether oxygens (including phenoxy) is 2. The number of pyridine rings is 1. The largest absolute Gasteiger partial charge is 0.481 e. The van der Waals surface area contributed by atoms with Crippen molar-refractivity contribution in [2.75, 3.05) is 11.8 Å². The molecule has 4 aromatic rings. The molecule has 2 unspecified atom stereocenters. The van der Waals surface area contributed by atoms with E-state index in [-0.39, 0.29) is 29.6 Å². The monoisotopic (exact) mass is 557 g/mol. The number of aryl methyl sites for hydroxylation is 2. The zero-order valence-electron chi connectivity index (χ0n) is 22.7. The van der Waals surface area contributed by atoms with Crippen LogP contribution in [0.1, 0.15) is 62.9 Å². The first-order valence-electron chi connectivity index (χ1n) is 12.2. The van der Waals surface area contributed by atoms with E-state index in [0.717, 1.165) is 5.56 Å². The molecule has 0 aromatic carbocycles. The lowest BCUT2D eigenvalue weighted by Crippen LogP contribution is -2.35. The summed E-state index contributed by atoms with van der Waals surface area (Å²) >= 11 is 0. The second kappa shape index (κ2) is 11.4. The van der Waals surface area contributed by atoms with Gasteiger partial charge in [0.05, 0.1) is 13.2 Å². The van der Waals surface area contributed by atoms with Gasteiger partial charge in [-0.1, -0.05) is 11.2 Å². The van der Waals surface area contributed by atoms with Crippen LogP contribution in [-0.4, -0.2) is 66.7 Å². The summed E-state index contributed by atoms with van der Waals surface area (Å²) in [6, 6.07) is 4.47. The number of nitrogens with one attached hydrogen (secondary N) is 1. The molecule has 39 heavy (non-hydrogen) atoms. The van der Waals surface area contributed by atoms with Crippen LogP contribution >= 0.6 is 0 Å². The van der Waals surface area contributed by atoms with Gasteiger partial charge in [0.25, 0.3) is 0 Å².